The molecule has 0 heteroatoms. The third-order valence-electron chi connectivity index (χ3n) is 18.7. The molecule has 8 bridgehead atoms. The Morgan fingerprint density at radius 2 is 0.623 bits per heavy atom. The van der Waals surface area contributed by atoms with Crippen molar-refractivity contribution in [2.45, 2.75) is 250 Å². The molecule has 0 saturated heterocycles. The molecule has 0 nitrogen and oxygen atoms in total. The largest absolute Gasteiger partial charge is 0.0880 e. The number of hydrogen-bond acceptors (Lipinski definition) is 0. The Hall–Kier alpha value is -0.260. The number of allylic oxidation sites excluding steroid dienone is 2. The first kappa shape index (κ1) is 39.6. The SMILES string of the molecule is C1=CC2CCCC(C1)CCC2.C1C2CC3CC1CC(C2)C3.C1CC12CC2.C1CC2(C1)CC2.C1CC2CCCC(C1)CCC2.C1CCC2CCCCC2C1. The molecule has 14 saturated carbocycles. The minimum Gasteiger partial charge on any atom is -0.0880 e. The average Bonchev–Trinajstić information content (AvgIpc) is 3.99. The van der Waals surface area contributed by atoms with Gasteiger partial charge in [-0.15, -0.1) is 0 Å². The van der Waals surface area contributed by atoms with Gasteiger partial charge in [0.1, 0.15) is 0 Å². The van der Waals surface area contributed by atoms with E-state index >= 15 is 0 Å². The Balaban J connectivity index is 0.0000000920. The Morgan fingerprint density at radius 3 is 0.925 bits per heavy atom. The summed E-state index contributed by atoms with van der Waals surface area (Å²) >= 11 is 0. The molecule has 16 aliphatic rings. The van der Waals surface area contributed by atoms with E-state index in [1.54, 1.807) is 154 Å². The molecule has 0 N–H and O–H groups in total. The van der Waals surface area contributed by atoms with Crippen molar-refractivity contribution in [2.75, 3.05) is 0 Å². The molecule has 0 unspecified atom stereocenters. The van der Waals surface area contributed by atoms with E-state index in [4.69, 9.17) is 0 Å². The van der Waals surface area contributed by atoms with E-state index < -0.39 is 0 Å². The molecule has 16 aliphatic carbocycles. The van der Waals surface area contributed by atoms with Crippen molar-refractivity contribution in [2.24, 2.45) is 70.0 Å². The van der Waals surface area contributed by atoms with Crippen LogP contribution in [0.2, 0.25) is 0 Å². The molecule has 0 aliphatic heterocycles. The fourth-order valence-electron chi connectivity index (χ4n) is 14.5. The molecule has 0 aromatic rings. The van der Waals surface area contributed by atoms with Gasteiger partial charge in [0, 0.05) is 0 Å². The number of fused-ring (bicyclic) bond motifs is 12. The highest BCUT2D eigenvalue weighted by molar-refractivity contribution is 5.04. The van der Waals surface area contributed by atoms with Crippen LogP contribution in [0.25, 0.3) is 0 Å². The maximum absolute atomic E-state index is 2.48. The molecule has 0 heterocycles. The number of rotatable bonds is 0. The van der Waals surface area contributed by atoms with Gasteiger partial charge in [-0.2, -0.15) is 0 Å². The van der Waals surface area contributed by atoms with Gasteiger partial charge in [-0.1, -0.05) is 153 Å². The van der Waals surface area contributed by atoms with Gasteiger partial charge in [-0.05, 0) is 179 Å². The normalized spacial score (nSPS) is 42.3. The van der Waals surface area contributed by atoms with Gasteiger partial charge in [0.2, 0.25) is 0 Å². The first-order chi connectivity index (χ1) is 26.1. The lowest BCUT2D eigenvalue weighted by Gasteiger charge is -2.49. The summed E-state index contributed by atoms with van der Waals surface area (Å²) in [6.07, 6.45) is 65.1. The molecule has 302 valence electrons. The smallest absolute Gasteiger partial charge is 0.0234 e. The Labute approximate surface area is 331 Å². The van der Waals surface area contributed by atoms with Gasteiger partial charge < -0.3 is 0 Å². The Bertz CT molecular complexity index is 936. The lowest BCUT2D eigenvalue weighted by Crippen LogP contribution is -2.38. The summed E-state index contributed by atoms with van der Waals surface area (Å²) in [4.78, 5) is 0. The first-order valence-electron chi connectivity index (χ1n) is 25.8. The Kier molecular flexibility index (Phi) is 14.5. The molecule has 14 fully saturated rings. The zero-order chi connectivity index (χ0) is 35.8. The van der Waals surface area contributed by atoms with Gasteiger partial charge in [-0.3, -0.25) is 0 Å². The molecule has 0 aromatic carbocycles. The van der Waals surface area contributed by atoms with Crippen molar-refractivity contribution in [3.8, 4) is 0 Å². The molecule has 53 heavy (non-hydrogen) atoms. The zero-order valence-corrected chi connectivity index (χ0v) is 35.5. The third-order valence-corrected chi connectivity index (χ3v) is 18.7. The molecular weight excluding hydrogens is 637 g/mol. The highest BCUT2D eigenvalue weighted by atomic mass is 14.6. The Morgan fingerprint density at radius 1 is 0.283 bits per heavy atom. The summed E-state index contributed by atoms with van der Waals surface area (Å²) in [7, 11) is 0. The summed E-state index contributed by atoms with van der Waals surface area (Å²) in [5, 5.41) is 0. The van der Waals surface area contributed by atoms with Crippen molar-refractivity contribution >= 4 is 0 Å². The topological polar surface area (TPSA) is 0 Å². The molecular formula is C53H90. The highest BCUT2D eigenvalue weighted by Crippen LogP contribution is 2.66. The second-order valence-corrected chi connectivity index (χ2v) is 23.0. The minimum absolute atomic E-state index is 0.941. The summed E-state index contributed by atoms with van der Waals surface area (Å²) in [5.74, 6) is 11.2. The molecule has 2 spiro atoms. The van der Waals surface area contributed by atoms with Crippen LogP contribution in [0.1, 0.15) is 250 Å². The fourth-order valence-corrected chi connectivity index (χ4v) is 14.5. The standard InChI is InChI=1S/C11H20.C11H18.C10H16.C10H18.C6H10.C5H8/c2*1-4-10-6-2-7-11(5-1)9-3-8-10;1-7-2-9-4-8(1)5-10(3-7)6-9;1-2-6-10-8-4-3-7-9(10)5-1;1-2-6(3-1)4-5-6;1-2-5(1)3-4-5/h10-11H,1-9H2;1,4,10-11H,2-3,5-9H2;7-10H,1-6H2;9-10H,1-8H2;1-5H2;1-4H2. The molecule has 0 amide bonds. The molecule has 16 rings (SSSR count). The lowest BCUT2D eigenvalue weighted by atomic mass is 9.56. The van der Waals surface area contributed by atoms with Gasteiger partial charge in [-0.25, -0.2) is 0 Å². The van der Waals surface area contributed by atoms with E-state index in [1.165, 1.54) is 120 Å². The van der Waals surface area contributed by atoms with Crippen LogP contribution >= 0.6 is 0 Å². The van der Waals surface area contributed by atoms with Crippen LogP contribution in [0.3, 0.4) is 0 Å². The van der Waals surface area contributed by atoms with Crippen LogP contribution in [0.5, 0.6) is 0 Å². The summed E-state index contributed by atoms with van der Waals surface area (Å²) in [6.45, 7) is 0. The summed E-state index contributed by atoms with van der Waals surface area (Å²) < 4.78 is 0. The zero-order valence-electron chi connectivity index (χ0n) is 35.5. The maximum atomic E-state index is 2.48. The predicted molar refractivity (Wildman–Crippen MR) is 229 cm³/mol. The van der Waals surface area contributed by atoms with E-state index in [0.29, 0.717) is 0 Å². The van der Waals surface area contributed by atoms with Crippen molar-refractivity contribution in [3.63, 3.8) is 0 Å². The quantitative estimate of drug-likeness (QED) is 0.218. The van der Waals surface area contributed by atoms with Crippen LogP contribution in [0.4, 0.5) is 0 Å². The van der Waals surface area contributed by atoms with Crippen molar-refractivity contribution < 1.29 is 0 Å². The molecule has 0 atom stereocenters. The van der Waals surface area contributed by atoms with Crippen molar-refractivity contribution in [1.29, 1.82) is 0 Å². The second kappa shape index (κ2) is 19.5. The van der Waals surface area contributed by atoms with Crippen molar-refractivity contribution in [1.82, 2.24) is 0 Å². The lowest BCUT2D eigenvalue weighted by molar-refractivity contribution is 0.0198. The third kappa shape index (κ3) is 12.6. The van der Waals surface area contributed by atoms with E-state index in [9.17, 15) is 0 Å². The monoisotopic (exact) mass is 727 g/mol. The fraction of sp³-hybridized carbons (Fsp3) is 0.962. The molecule has 0 aromatic heterocycles. The first-order valence-corrected chi connectivity index (χ1v) is 25.8. The van der Waals surface area contributed by atoms with E-state index in [2.05, 4.69) is 12.2 Å². The van der Waals surface area contributed by atoms with Crippen LogP contribution in [0.15, 0.2) is 12.2 Å². The maximum Gasteiger partial charge on any atom is -0.0234 e. The molecule has 0 radical (unpaired) electrons. The van der Waals surface area contributed by atoms with Gasteiger partial charge >= 0.3 is 0 Å². The van der Waals surface area contributed by atoms with Crippen LogP contribution in [-0.2, 0) is 0 Å². The summed E-state index contributed by atoms with van der Waals surface area (Å²) in [5.41, 5.74) is 1.97. The van der Waals surface area contributed by atoms with Gasteiger partial charge in [0.05, 0.1) is 0 Å². The minimum atomic E-state index is 0.941. The average molecular weight is 727 g/mol. The van der Waals surface area contributed by atoms with E-state index in [0.717, 1.165) is 46.3 Å². The van der Waals surface area contributed by atoms with Crippen LogP contribution in [-0.4, -0.2) is 0 Å². The summed E-state index contributed by atoms with van der Waals surface area (Å²) in [6, 6.07) is 0. The highest BCUT2D eigenvalue weighted by Gasteiger charge is 2.52. The van der Waals surface area contributed by atoms with E-state index in [-0.39, 0.29) is 0 Å². The van der Waals surface area contributed by atoms with Gasteiger partial charge in [0.15, 0.2) is 0 Å². The van der Waals surface area contributed by atoms with E-state index in [1.807, 2.05) is 0 Å². The second-order valence-electron chi connectivity index (χ2n) is 23.0. The van der Waals surface area contributed by atoms with Crippen LogP contribution in [0, 0.1) is 70.0 Å². The van der Waals surface area contributed by atoms with Crippen LogP contribution < -0.4 is 0 Å². The van der Waals surface area contributed by atoms with Gasteiger partial charge in [0.25, 0.3) is 0 Å². The predicted octanol–water partition coefficient (Wildman–Crippen LogP) is 17.0. The van der Waals surface area contributed by atoms with Crippen molar-refractivity contribution in [3.05, 3.63) is 12.2 Å². The number of hydrogen-bond donors (Lipinski definition) is 0.